The third-order valence-electron chi connectivity index (χ3n) is 4.50. The molecule has 4 heterocycles. The van der Waals surface area contributed by atoms with E-state index in [0.29, 0.717) is 36.2 Å². The van der Waals surface area contributed by atoms with E-state index in [2.05, 4.69) is 15.1 Å². The SMILES string of the molecule is O=C1CC(c2nc(-c3cccnc3)no2)CN1c1ccc2c(c1)OCO2. The number of hydrogen-bond acceptors (Lipinski definition) is 7. The summed E-state index contributed by atoms with van der Waals surface area (Å²) in [6.07, 6.45) is 3.68. The molecular formula is C18H14N4O4. The lowest BCUT2D eigenvalue weighted by molar-refractivity contribution is -0.117. The summed E-state index contributed by atoms with van der Waals surface area (Å²) in [6, 6.07) is 9.15. The standard InChI is InChI=1S/C18H14N4O4/c23-16-6-12(18-20-17(21-26-18)11-2-1-5-19-8-11)9-22(16)13-3-4-14-15(7-13)25-10-24-14/h1-5,7-8,12H,6,9-10H2. The first-order chi connectivity index (χ1) is 12.8. The molecule has 0 radical (unpaired) electrons. The fourth-order valence-corrected chi connectivity index (χ4v) is 3.19. The van der Waals surface area contributed by atoms with Crippen LogP contribution < -0.4 is 14.4 Å². The second kappa shape index (κ2) is 5.83. The Bertz CT molecular complexity index is 972. The van der Waals surface area contributed by atoms with Gasteiger partial charge in [-0.2, -0.15) is 4.98 Å². The summed E-state index contributed by atoms with van der Waals surface area (Å²) < 4.78 is 16.1. The number of ether oxygens (including phenoxy) is 2. The van der Waals surface area contributed by atoms with Gasteiger partial charge in [0.15, 0.2) is 11.5 Å². The van der Waals surface area contributed by atoms with Crippen molar-refractivity contribution in [1.29, 1.82) is 0 Å². The maximum absolute atomic E-state index is 12.5. The average molecular weight is 350 g/mol. The van der Waals surface area contributed by atoms with Gasteiger partial charge in [0.1, 0.15) is 0 Å². The van der Waals surface area contributed by atoms with Crippen LogP contribution in [-0.2, 0) is 4.79 Å². The Labute approximate surface area is 148 Å². The van der Waals surface area contributed by atoms with E-state index in [-0.39, 0.29) is 18.6 Å². The van der Waals surface area contributed by atoms with E-state index in [4.69, 9.17) is 14.0 Å². The number of benzene rings is 1. The molecule has 1 aromatic carbocycles. The summed E-state index contributed by atoms with van der Waals surface area (Å²) in [7, 11) is 0. The molecule has 2 aromatic heterocycles. The molecule has 1 saturated heterocycles. The molecule has 0 spiro atoms. The highest BCUT2D eigenvalue weighted by Crippen LogP contribution is 2.38. The number of aromatic nitrogens is 3. The van der Waals surface area contributed by atoms with Gasteiger partial charge in [0, 0.05) is 42.7 Å². The molecule has 0 saturated carbocycles. The minimum Gasteiger partial charge on any atom is -0.454 e. The molecule has 0 aliphatic carbocycles. The fourth-order valence-electron chi connectivity index (χ4n) is 3.19. The van der Waals surface area contributed by atoms with Gasteiger partial charge in [0.2, 0.25) is 24.4 Å². The molecule has 26 heavy (non-hydrogen) atoms. The third-order valence-corrected chi connectivity index (χ3v) is 4.50. The highest BCUT2D eigenvalue weighted by molar-refractivity contribution is 5.96. The van der Waals surface area contributed by atoms with Crippen molar-refractivity contribution in [2.45, 2.75) is 12.3 Å². The second-order valence-electron chi connectivity index (χ2n) is 6.14. The quantitative estimate of drug-likeness (QED) is 0.716. The maximum Gasteiger partial charge on any atom is 0.232 e. The van der Waals surface area contributed by atoms with E-state index >= 15 is 0 Å². The third kappa shape index (κ3) is 2.46. The van der Waals surface area contributed by atoms with Crippen molar-refractivity contribution >= 4 is 11.6 Å². The van der Waals surface area contributed by atoms with Gasteiger partial charge in [-0.1, -0.05) is 5.16 Å². The van der Waals surface area contributed by atoms with Gasteiger partial charge in [-0.05, 0) is 24.3 Å². The number of nitrogens with zero attached hydrogens (tertiary/aromatic N) is 4. The van der Waals surface area contributed by atoms with E-state index in [1.54, 1.807) is 17.3 Å². The van der Waals surface area contributed by atoms with Gasteiger partial charge in [0.25, 0.3) is 0 Å². The van der Waals surface area contributed by atoms with Crippen molar-refractivity contribution in [1.82, 2.24) is 15.1 Å². The van der Waals surface area contributed by atoms with Crippen LogP contribution in [-0.4, -0.2) is 34.4 Å². The van der Waals surface area contributed by atoms with E-state index in [0.717, 1.165) is 11.3 Å². The molecule has 8 heteroatoms. The monoisotopic (exact) mass is 350 g/mol. The molecule has 1 fully saturated rings. The van der Waals surface area contributed by atoms with Crippen LogP contribution in [0.4, 0.5) is 5.69 Å². The molecule has 130 valence electrons. The van der Waals surface area contributed by atoms with Gasteiger partial charge in [-0.15, -0.1) is 0 Å². The Kier molecular flexibility index (Phi) is 3.34. The Morgan fingerprint density at radius 1 is 1.15 bits per heavy atom. The molecule has 2 aliphatic rings. The van der Waals surface area contributed by atoms with Crippen molar-refractivity contribution in [3.8, 4) is 22.9 Å². The Morgan fingerprint density at radius 2 is 2.08 bits per heavy atom. The highest BCUT2D eigenvalue weighted by atomic mass is 16.7. The van der Waals surface area contributed by atoms with E-state index in [1.807, 2.05) is 30.3 Å². The zero-order valence-electron chi connectivity index (χ0n) is 13.7. The molecule has 1 unspecified atom stereocenters. The smallest absolute Gasteiger partial charge is 0.232 e. The van der Waals surface area contributed by atoms with Crippen LogP contribution in [0.15, 0.2) is 47.2 Å². The normalized spacial score (nSPS) is 18.5. The van der Waals surface area contributed by atoms with E-state index < -0.39 is 0 Å². The van der Waals surface area contributed by atoms with Gasteiger partial charge < -0.3 is 18.9 Å². The highest BCUT2D eigenvalue weighted by Gasteiger charge is 2.35. The lowest BCUT2D eigenvalue weighted by Gasteiger charge is -2.16. The van der Waals surface area contributed by atoms with Crippen molar-refractivity contribution in [2.24, 2.45) is 0 Å². The van der Waals surface area contributed by atoms with Crippen LogP contribution in [0.2, 0.25) is 0 Å². The Balaban J connectivity index is 1.38. The molecule has 1 atom stereocenters. The van der Waals surface area contributed by atoms with E-state index in [1.165, 1.54) is 0 Å². The summed E-state index contributed by atoms with van der Waals surface area (Å²) >= 11 is 0. The minimum atomic E-state index is -0.147. The number of pyridine rings is 1. The molecule has 3 aromatic rings. The first kappa shape index (κ1) is 14.9. The summed E-state index contributed by atoms with van der Waals surface area (Å²) in [6.45, 7) is 0.682. The first-order valence-corrected chi connectivity index (χ1v) is 8.22. The summed E-state index contributed by atoms with van der Waals surface area (Å²) in [4.78, 5) is 22.7. The molecule has 5 rings (SSSR count). The lowest BCUT2D eigenvalue weighted by atomic mass is 10.1. The maximum atomic E-state index is 12.5. The molecule has 1 amide bonds. The van der Waals surface area contributed by atoms with Gasteiger partial charge >= 0.3 is 0 Å². The molecule has 0 N–H and O–H groups in total. The number of fused-ring (bicyclic) bond motifs is 1. The van der Waals surface area contributed by atoms with Gasteiger partial charge in [0.05, 0.1) is 5.92 Å². The van der Waals surface area contributed by atoms with Crippen LogP contribution in [0.3, 0.4) is 0 Å². The summed E-state index contributed by atoms with van der Waals surface area (Å²) in [5.74, 6) is 2.13. The first-order valence-electron chi connectivity index (χ1n) is 8.22. The van der Waals surface area contributed by atoms with Crippen LogP contribution in [0.5, 0.6) is 11.5 Å². The second-order valence-corrected chi connectivity index (χ2v) is 6.14. The topological polar surface area (TPSA) is 90.6 Å². The summed E-state index contributed by atoms with van der Waals surface area (Å²) in [5, 5.41) is 4.01. The van der Waals surface area contributed by atoms with Gasteiger partial charge in [-0.3, -0.25) is 9.78 Å². The number of hydrogen-bond donors (Lipinski definition) is 0. The zero-order valence-corrected chi connectivity index (χ0v) is 13.7. The molecule has 8 nitrogen and oxygen atoms in total. The van der Waals surface area contributed by atoms with Crippen LogP contribution in [0.25, 0.3) is 11.4 Å². The van der Waals surface area contributed by atoms with Crippen molar-refractivity contribution in [3.63, 3.8) is 0 Å². The van der Waals surface area contributed by atoms with Crippen molar-refractivity contribution < 1.29 is 18.8 Å². The summed E-state index contributed by atoms with van der Waals surface area (Å²) in [5.41, 5.74) is 1.55. The number of carbonyl (C=O) groups excluding carboxylic acids is 1. The Morgan fingerprint density at radius 3 is 2.96 bits per heavy atom. The number of carbonyl (C=O) groups is 1. The average Bonchev–Trinajstić information content (AvgIpc) is 3.41. The predicted molar refractivity (Wildman–Crippen MR) is 89.8 cm³/mol. The van der Waals surface area contributed by atoms with Crippen molar-refractivity contribution in [3.05, 3.63) is 48.6 Å². The fraction of sp³-hybridized carbons (Fsp3) is 0.222. The van der Waals surface area contributed by atoms with Crippen LogP contribution >= 0.6 is 0 Å². The lowest BCUT2D eigenvalue weighted by Crippen LogP contribution is -2.24. The zero-order chi connectivity index (χ0) is 17.5. The van der Waals surface area contributed by atoms with E-state index in [9.17, 15) is 4.79 Å². The minimum absolute atomic E-state index is 0.00925. The van der Waals surface area contributed by atoms with Crippen molar-refractivity contribution in [2.75, 3.05) is 18.2 Å². The number of anilines is 1. The number of amides is 1. The molecule has 0 bridgehead atoms. The van der Waals surface area contributed by atoms with Gasteiger partial charge in [-0.25, -0.2) is 0 Å². The Hall–Kier alpha value is -3.42. The predicted octanol–water partition coefficient (Wildman–Crippen LogP) is 2.38. The largest absolute Gasteiger partial charge is 0.454 e. The molecule has 2 aliphatic heterocycles. The van der Waals surface area contributed by atoms with Crippen LogP contribution in [0, 0.1) is 0 Å². The van der Waals surface area contributed by atoms with Crippen LogP contribution in [0.1, 0.15) is 18.2 Å². The molecular weight excluding hydrogens is 336 g/mol. The number of rotatable bonds is 3.